The van der Waals surface area contributed by atoms with Crippen molar-refractivity contribution >= 4 is 5.91 Å². The van der Waals surface area contributed by atoms with Crippen LogP contribution in [0.15, 0.2) is 0 Å². The van der Waals surface area contributed by atoms with E-state index in [9.17, 15) is 4.79 Å². The van der Waals surface area contributed by atoms with Crippen LogP contribution in [0.5, 0.6) is 0 Å². The van der Waals surface area contributed by atoms with Crippen LogP contribution in [-0.2, 0) is 4.79 Å². The molecule has 1 fully saturated rings. The Bertz CT molecular complexity index is 235. The molecule has 0 aromatic carbocycles. The normalized spacial score (nSPS) is 20.2. The lowest BCUT2D eigenvalue weighted by Crippen LogP contribution is -2.51. The molecule has 0 spiro atoms. The van der Waals surface area contributed by atoms with Crippen LogP contribution in [0.2, 0.25) is 0 Å². The first-order chi connectivity index (χ1) is 8.06. The summed E-state index contributed by atoms with van der Waals surface area (Å²) in [5.41, 5.74) is 5.25. The van der Waals surface area contributed by atoms with Crippen molar-refractivity contribution in [1.29, 1.82) is 0 Å². The van der Waals surface area contributed by atoms with E-state index in [1.807, 2.05) is 13.8 Å². The van der Waals surface area contributed by atoms with Crippen LogP contribution in [0.25, 0.3) is 0 Å². The number of carbonyl (C=O) groups is 1. The molecule has 0 aromatic heterocycles. The van der Waals surface area contributed by atoms with Crippen LogP contribution in [0.4, 0.5) is 0 Å². The third kappa shape index (κ3) is 5.04. The van der Waals surface area contributed by atoms with Gasteiger partial charge in [0.25, 0.3) is 0 Å². The highest BCUT2D eigenvalue weighted by molar-refractivity contribution is 5.85. The third-order valence-electron chi connectivity index (χ3n) is 3.42. The fraction of sp³-hybridized carbons (Fsp3) is 0.923. The average molecular weight is 241 g/mol. The van der Waals surface area contributed by atoms with Gasteiger partial charge in [-0.1, -0.05) is 13.3 Å². The molecule has 0 aliphatic carbocycles. The van der Waals surface area contributed by atoms with Crippen LogP contribution < -0.4 is 11.1 Å². The average Bonchev–Trinajstić information content (AvgIpc) is 2.76. The summed E-state index contributed by atoms with van der Waals surface area (Å²) in [5, 5.41) is 2.94. The van der Waals surface area contributed by atoms with E-state index in [1.54, 1.807) is 0 Å². The van der Waals surface area contributed by atoms with Gasteiger partial charge < -0.3 is 16.0 Å². The molecular formula is C13H27N3O. The highest BCUT2D eigenvalue weighted by Gasteiger charge is 2.26. The lowest BCUT2D eigenvalue weighted by atomic mass is 9.96. The summed E-state index contributed by atoms with van der Waals surface area (Å²) in [6.45, 7) is 8.13. The summed E-state index contributed by atoms with van der Waals surface area (Å²) in [7, 11) is 0. The molecule has 1 amide bonds. The number of hydrogen-bond acceptors (Lipinski definition) is 3. The molecule has 1 aliphatic rings. The number of nitrogens with one attached hydrogen (secondary N) is 1. The summed E-state index contributed by atoms with van der Waals surface area (Å²) in [4.78, 5) is 14.3. The third-order valence-corrected chi connectivity index (χ3v) is 3.42. The number of likely N-dealkylation sites (tertiary alicyclic amines) is 1. The SMILES string of the molecule is CCCC(C)(N)C(=O)NCCCN1CCCC1. The van der Waals surface area contributed by atoms with E-state index >= 15 is 0 Å². The minimum absolute atomic E-state index is 0.0132. The Morgan fingerprint density at radius 3 is 2.65 bits per heavy atom. The first kappa shape index (κ1) is 14.5. The molecule has 17 heavy (non-hydrogen) atoms. The number of nitrogens with two attached hydrogens (primary N) is 1. The van der Waals surface area contributed by atoms with Crippen molar-refractivity contribution in [3.8, 4) is 0 Å². The summed E-state index contributed by atoms with van der Waals surface area (Å²) < 4.78 is 0. The maximum Gasteiger partial charge on any atom is 0.239 e. The number of nitrogens with zero attached hydrogens (tertiary/aromatic N) is 1. The summed E-state index contributed by atoms with van der Waals surface area (Å²) in [5.74, 6) is -0.0132. The summed E-state index contributed by atoms with van der Waals surface area (Å²) in [6, 6.07) is 0. The molecule has 100 valence electrons. The number of rotatable bonds is 7. The Morgan fingerprint density at radius 1 is 1.41 bits per heavy atom. The van der Waals surface area contributed by atoms with Crippen molar-refractivity contribution < 1.29 is 4.79 Å². The maximum atomic E-state index is 11.8. The zero-order chi connectivity index (χ0) is 12.7. The van der Waals surface area contributed by atoms with Gasteiger partial charge in [0.05, 0.1) is 5.54 Å². The van der Waals surface area contributed by atoms with Gasteiger partial charge in [0.15, 0.2) is 0 Å². The second kappa shape index (κ2) is 6.97. The van der Waals surface area contributed by atoms with E-state index in [0.29, 0.717) is 0 Å². The van der Waals surface area contributed by atoms with Crippen LogP contribution in [0.1, 0.15) is 46.0 Å². The monoisotopic (exact) mass is 241 g/mol. The quantitative estimate of drug-likeness (QED) is 0.656. The van der Waals surface area contributed by atoms with Crippen molar-refractivity contribution in [2.45, 2.75) is 51.5 Å². The predicted molar refractivity (Wildman–Crippen MR) is 70.8 cm³/mol. The zero-order valence-electron chi connectivity index (χ0n) is 11.3. The van der Waals surface area contributed by atoms with Crippen molar-refractivity contribution in [2.24, 2.45) is 5.73 Å². The molecule has 0 saturated carbocycles. The molecular weight excluding hydrogens is 214 g/mol. The predicted octanol–water partition coefficient (Wildman–Crippen LogP) is 1.11. The van der Waals surface area contributed by atoms with Gasteiger partial charge in [-0.15, -0.1) is 0 Å². The minimum atomic E-state index is -0.706. The fourth-order valence-electron chi connectivity index (χ4n) is 2.35. The van der Waals surface area contributed by atoms with Crippen LogP contribution in [-0.4, -0.2) is 42.5 Å². The molecule has 1 unspecified atom stereocenters. The molecule has 0 radical (unpaired) electrons. The molecule has 0 aromatic rings. The molecule has 1 heterocycles. The van der Waals surface area contributed by atoms with E-state index in [4.69, 9.17) is 5.73 Å². The Hall–Kier alpha value is -0.610. The topological polar surface area (TPSA) is 58.4 Å². The Kier molecular flexibility index (Phi) is 5.92. The van der Waals surface area contributed by atoms with Crippen molar-refractivity contribution in [2.75, 3.05) is 26.2 Å². The van der Waals surface area contributed by atoms with Crippen LogP contribution >= 0.6 is 0 Å². The number of carbonyl (C=O) groups excluding carboxylic acids is 1. The Balaban J connectivity index is 2.10. The van der Waals surface area contributed by atoms with E-state index in [2.05, 4.69) is 10.2 Å². The van der Waals surface area contributed by atoms with Gasteiger partial charge >= 0.3 is 0 Å². The second-order valence-corrected chi connectivity index (χ2v) is 5.33. The minimum Gasteiger partial charge on any atom is -0.354 e. The lowest BCUT2D eigenvalue weighted by molar-refractivity contribution is -0.126. The molecule has 0 bridgehead atoms. The van der Waals surface area contributed by atoms with Crippen molar-refractivity contribution in [1.82, 2.24) is 10.2 Å². The largest absolute Gasteiger partial charge is 0.354 e. The standard InChI is InChI=1S/C13H27N3O/c1-3-7-13(2,14)12(17)15-8-6-11-16-9-4-5-10-16/h3-11,14H2,1-2H3,(H,15,17). The van der Waals surface area contributed by atoms with Gasteiger partial charge in [-0.3, -0.25) is 4.79 Å². The van der Waals surface area contributed by atoms with E-state index in [-0.39, 0.29) is 5.91 Å². The lowest BCUT2D eigenvalue weighted by Gasteiger charge is -2.23. The number of hydrogen-bond donors (Lipinski definition) is 2. The first-order valence-corrected chi connectivity index (χ1v) is 6.86. The Labute approximate surface area is 105 Å². The summed E-state index contributed by atoms with van der Waals surface area (Å²) >= 11 is 0. The molecule has 1 rings (SSSR count). The molecule has 4 heteroatoms. The maximum absolute atomic E-state index is 11.8. The molecule has 4 nitrogen and oxygen atoms in total. The second-order valence-electron chi connectivity index (χ2n) is 5.33. The van der Waals surface area contributed by atoms with E-state index in [0.717, 1.165) is 32.4 Å². The van der Waals surface area contributed by atoms with Gasteiger partial charge in [-0.25, -0.2) is 0 Å². The zero-order valence-corrected chi connectivity index (χ0v) is 11.3. The first-order valence-electron chi connectivity index (χ1n) is 6.86. The molecule has 1 aliphatic heterocycles. The van der Waals surface area contributed by atoms with Gasteiger partial charge in [0.2, 0.25) is 5.91 Å². The van der Waals surface area contributed by atoms with Gasteiger partial charge in [-0.2, -0.15) is 0 Å². The molecule has 1 atom stereocenters. The molecule has 3 N–H and O–H groups in total. The van der Waals surface area contributed by atoms with Gasteiger partial charge in [-0.05, 0) is 52.2 Å². The van der Waals surface area contributed by atoms with Crippen LogP contribution in [0, 0.1) is 0 Å². The smallest absolute Gasteiger partial charge is 0.239 e. The van der Waals surface area contributed by atoms with E-state index in [1.165, 1.54) is 25.9 Å². The van der Waals surface area contributed by atoms with Gasteiger partial charge in [0.1, 0.15) is 0 Å². The summed E-state index contributed by atoms with van der Waals surface area (Å²) in [6.07, 6.45) is 5.35. The highest BCUT2D eigenvalue weighted by Crippen LogP contribution is 2.09. The Morgan fingerprint density at radius 2 is 2.06 bits per heavy atom. The van der Waals surface area contributed by atoms with E-state index < -0.39 is 5.54 Å². The number of amides is 1. The van der Waals surface area contributed by atoms with Crippen molar-refractivity contribution in [3.63, 3.8) is 0 Å². The highest BCUT2D eigenvalue weighted by atomic mass is 16.2. The molecule has 1 saturated heterocycles. The van der Waals surface area contributed by atoms with Crippen LogP contribution in [0.3, 0.4) is 0 Å². The van der Waals surface area contributed by atoms with Crippen molar-refractivity contribution in [3.05, 3.63) is 0 Å². The van der Waals surface area contributed by atoms with Gasteiger partial charge in [0, 0.05) is 6.54 Å². The fourth-order valence-corrected chi connectivity index (χ4v) is 2.35.